The maximum Gasteiger partial charge on any atom is -0.00197 e. The fourth-order valence-corrected chi connectivity index (χ4v) is 2.19. The van der Waals surface area contributed by atoms with Crippen LogP contribution < -0.4 is 0 Å². The largest absolute Gasteiger partial charge is 0.0795 e. The van der Waals surface area contributed by atoms with E-state index in [0.717, 1.165) is 12.8 Å². The van der Waals surface area contributed by atoms with Gasteiger partial charge in [0.1, 0.15) is 0 Å². The SMILES string of the molecule is C1=CC=C2CC(=C1)C=CC1=C2C=CC1. The summed E-state index contributed by atoms with van der Waals surface area (Å²) in [6, 6.07) is 0. The van der Waals surface area contributed by atoms with Crippen LogP contribution in [0.3, 0.4) is 0 Å². The second-order valence-electron chi connectivity index (χ2n) is 3.87. The van der Waals surface area contributed by atoms with E-state index < -0.39 is 0 Å². The molecule has 0 N–H and O–H groups in total. The predicted molar refractivity (Wildman–Crippen MR) is 59.8 cm³/mol. The highest BCUT2D eigenvalue weighted by Gasteiger charge is 2.15. The molecule has 0 radical (unpaired) electrons. The molecule has 0 unspecified atom stereocenters. The van der Waals surface area contributed by atoms with Crippen LogP contribution in [0.15, 0.2) is 70.9 Å². The first-order chi connectivity index (χ1) is 6.93. The Balaban J connectivity index is 2.18. The molecule has 0 aromatic heterocycles. The summed E-state index contributed by atoms with van der Waals surface area (Å²) in [5, 5.41) is 0. The number of hydrogen-bond donors (Lipinski definition) is 0. The van der Waals surface area contributed by atoms with E-state index in [-0.39, 0.29) is 0 Å². The molecule has 3 aliphatic rings. The molecular formula is C14H12. The van der Waals surface area contributed by atoms with Gasteiger partial charge in [0.15, 0.2) is 0 Å². The van der Waals surface area contributed by atoms with Gasteiger partial charge in [-0.05, 0) is 35.1 Å². The van der Waals surface area contributed by atoms with E-state index in [2.05, 4.69) is 48.6 Å². The van der Waals surface area contributed by atoms with E-state index in [4.69, 9.17) is 0 Å². The Morgan fingerprint density at radius 1 is 0.929 bits per heavy atom. The molecule has 0 saturated carbocycles. The maximum atomic E-state index is 2.27. The highest BCUT2D eigenvalue weighted by atomic mass is 14.2. The van der Waals surface area contributed by atoms with Crippen LogP contribution in [0, 0.1) is 0 Å². The Morgan fingerprint density at radius 2 is 1.86 bits per heavy atom. The minimum atomic E-state index is 1.08. The first-order valence-corrected chi connectivity index (χ1v) is 5.08. The fourth-order valence-electron chi connectivity index (χ4n) is 2.19. The molecule has 2 bridgehead atoms. The van der Waals surface area contributed by atoms with Crippen molar-refractivity contribution in [1.29, 1.82) is 0 Å². The zero-order valence-corrected chi connectivity index (χ0v) is 8.03. The van der Waals surface area contributed by atoms with Gasteiger partial charge in [-0.1, -0.05) is 48.6 Å². The van der Waals surface area contributed by atoms with Crippen molar-refractivity contribution < 1.29 is 0 Å². The van der Waals surface area contributed by atoms with Crippen molar-refractivity contribution in [2.75, 3.05) is 0 Å². The molecule has 0 heteroatoms. The monoisotopic (exact) mass is 180 g/mol. The van der Waals surface area contributed by atoms with Crippen LogP contribution in [0.2, 0.25) is 0 Å². The molecule has 0 heterocycles. The average molecular weight is 180 g/mol. The summed E-state index contributed by atoms with van der Waals surface area (Å²) in [4.78, 5) is 0. The van der Waals surface area contributed by atoms with Crippen molar-refractivity contribution in [1.82, 2.24) is 0 Å². The lowest BCUT2D eigenvalue weighted by atomic mass is 10.00. The summed E-state index contributed by atoms with van der Waals surface area (Å²) in [7, 11) is 0. The molecule has 0 aromatic rings. The Kier molecular flexibility index (Phi) is 1.66. The van der Waals surface area contributed by atoms with E-state index in [1.165, 1.54) is 22.3 Å². The Hall–Kier alpha value is -1.56. The zero-order chi connectivity index (χ0) is 9.38. The molecular weight excluding hydrogens is 168 g/mol. The molecule has 68 valence electrons. The molecule has 0 fully saturated rings. The summed E-state index contributed by atoms with van der Waals surface area (Å²) in [6.45, 7) is 0. The maximum absolute atomic E-state index is 2.27. The lowest BCUT2D eigenvalue weighted by molar-refractivity contribution is 1.19. The molecule has 0 aromatic carbocycles. The van der Waals surface area contributed by atoms with Gasteiger partial charge in [-0.3, -0.25) is 0 Å². The number of allylic oxidation sites excluding steroid dienone is 12. The van der Waals surface area contributed by atoms with Gasteiger partial charge in [-0.25, -0.2) is 0 Å². The molecule has 0 aliphatic heterocycles. The number of hydrogen-bond acceptors (Lipinski definition) is 0. The van der Waals surface area contributed by atoms with Crippen LogP contribution in [0.1, 0.15) is 12.8 Å². The Labute approximate surface area is 84.3 Å². The lowest BCUT2D eigenvalue weighted by Crippen LogP contribution is -1.86. The Bertz CT molecular complexity index is 448. The predicted octanol–water partition coefficient (Wildman–Crippen LogP) is 3.63. The fraction of sp³-hybridized carbons (Fsp3) is 0.143. The van der Waals surface area contributed by atoms with E-state index >= 15 is 0 Å². The summed E-state index contributed by atoms with van der Waals surface area (Å²) in [6.07, 6.45) is 19.9. The van der Waals surface area contributed by atoms with E-state index in [9.17, 15) is 0 Å². The van der Waals surface area contributed by atoms with Crippen molar-refractivity contribution in [2.45, 2.75) is 12.8 Å². The molecule has 3 aliphatic carbocycles. The van der Waals surface area contributed by atoms with Gasteiger partial charge in [0.2, 0.25) is 0 Å². The Morgan fingerprint density at radius 3 is 2.86 bits per heavy atom. The van der Waals surface area contributed by atoms with Gasteiger partial charge in [0.25, 0.3) is 0 Å². The third kappa shape index (κ3) is 1.15. The van der Waals surface area contributed by atoms with Crippen LogP contribution in [0.4, 0.5) is 0 Å². The lowest BCUT2D eigenvalue weighted by Gasteiger charge is -2.05. The van der Waals surface area contributed by atoms with Crippen LogP contribution in [0.25, 0.3) is 0 Å². The average Bonchev–Trinajstić information content (AvgIpc) is 2.47. The molecule has 14 heavy (non-hydrogen) atoms. The molecule has 3 rings (SSSR count). The quantitative estimate of drug-likeness (QED) is 0.534. The molecule has 0 saturated heterocycles. The van der Waals surface area contributed by atoms with E-state index in [1.54, 1.807) is 0 Å². The molecule has 0 nitrogen and oxygen atoms in total. The van der Waals surface area contributed by atoms with Gasteiger partial charge in [0.05, 0.1) is 0 Å². The van der Waals surface area contributed by atoms with Crippen molar-refractivity contribution in [2.24, 2.45) is 0 Å². The molecule has 0 amide bonds. The highest BCUT2D eigenvalue weighted by Crippen LogP contribution is 2.34. The van der Waals surface area contributed by atoms with Gasteiger partial charge in [-0.2, -0.15) is 0 Å². The van der Waals surface area contributed by atoms with Crippen LogP contribution >= 0.6 is 0 Å². The minimum Gasteiger partial charge on any atom is -0.0795 e. The van der Waals surface area contributed by atoms with Gasteiger partial charge in [0, 0.05) is 0 Å². The third-order valence-corrected chi connectivity index (χ3v) is 2.93. The van der Waals surface area contributed by atoms with E-state index in [0.29, 0.717) is 0 Å². The normalized spacial score (nSPS) is 22.9. The van der Waals surface area contributed by atoms with Crippen molar-refractivity contribution >= 4 is 0 Å². The van der Waals surface area contributed by atoms with Gasteiger partial charge in [-0.15, -0.1) is 0 Å². The molecule has 0 atom stereocenters. The zero-order valence-electron chi connectivity index (χ0n) is 8.03. The third-order valence-electron chi connectivity index (χ3n) is 2.93. The smallest absolute Gasteiger partial charge is 0.00197 e. The van der Waals surface area contributed by atoms with Crippen molar-refractivity contribution in [3.05, 3.63) is 70.9 Å². The summed E-state index contributed by atoms with van der Waals surface area (Å²) in [5.41, 5.74) is 5.78. The summed E-state index contributed by atoms with van der Waals surface area (Å²) < 4.78 is 0. The first kappa shape index (κ1) is 7.81. The minimum absolute atomic E-state index is 1.08. The summed E-state index contributed by atoms with van der Waals surface area (Å²) >= 11 is 0. The molecule has 0 spiro atoms. The van der Waals surface area contributed by atoms with E-state index in [1.807, 2.05) is 0 Å². The second kappa shape index (κ2) is 2.98. The number of rotatable bonds is 0. The van der Waals surface area contributed by atoms with Crippen LogP contribution in [-0.2, 0) is 0 Å². The topological polar surface area (TPSA) is 0 Å². The number of fused-ring (bicyclic) bond motifs is 3. The van der Waals surface area contributed by atoms with Crippen LogP contribution in [0.5, 0.6) is 0 Å². The van der Waals surface area contributed by atoms with Crippen molar-refractivity contribution in [3.63, 3.8) is 0 Å². The standard InChI is InChI=1S/C14H12/c1-2-5-13-10-11(4-1)8-9-12-6-3-7-14(12)13/h1-5,7-9H,6,10H2. The highest BCUT2D eigenvalue weighted by molar-refractivity contribution is 5.58. The van der Waals surface area contributed by atoms with Crippen molar-refractivity contribution in [3.8, 4) is 0 Å². The van der Waals surface area contributed by atoms with Gasteiger partial charge >= 0.3 is 0 Å². The first-order valence-electron chi connectivity index (χ1n) is 5.08. The second-order valence-corrected chi connectivity index (χ2v) is 3.87. The van der Waals surface area contributed by atoms with Gasteiger partial charge < -0.3 is 0 Å². The van der Waals surface area contributed by atoms with Crippen LogP contribution in [-0.4, -0.2) is 0 Å². The summed E-state index contributed by atoms with van der Waals surface area (Å²) in [5.74, 6) is 0.